The van der Waals surface area contributed by atoms with Crippen LogP contribution in [0.2, 0.25) is 0 Å². The number of rotatable bonds is 7. The van der Waals surface area contributed by atoms with Gasteiger partial charge in [-0.05, 0) is 57.8 Å². The molecule has 21 heavy (non-hydrogen) atoms. The first-order chi connectivity index (χ1) is 9.80. The van der Waals surface area contributed by atoms with Crippen LogP contribution in [0.1, 0.15) is 66.2 Å². The van der Waals surface area contributed by atoms with Crippen molar-refractivity contribution >= 4 is 5.91 Å². The number of ether oxygens (including phenoxy) is 1. The van der Waals surface area contributed by atoms with Gasteiger partial charge in [-0.25, -0.2) is 0 Å². The topological polar surface area (TPSA) is 64.3 Å². The van der Waals surface area contributed by atoms with Crippen molar-refractivity contribution in [3.63, 3.8) is 0 Å². The SMILES string of the molecule is CC(CC(C)(NC1CC1)C(N)=O)OC1CCC(C)C(C)C1. The highest BCUT2D eigenvalue weighted by Gasteiger charge is 2.39. The Bertz CT molecular complexity index is 370. The molecule has 0 radical (unpaired) electrons. The predicted molar refractivity (Wildman–Crippen MR) is 84.9 cm³/mol. The number of carbonyl (C=O) groups is 1. The van der Waals surface area contributed by atoms with Gasteiger partial charge in [0.1, 0.15) is 0 Å². The van der Waals surface area contributed by atoms with E-state index in [1.165, 1.54) is 6.42 Å². The zero-order valence-corrected chi connectivity index (χ0v) is 14.0. The Labute approximate surface area is 129 Å². The maximum atomic E-state index is 11.8. The molecule has 2 aliphatic carbocycles. The predicted octanol–water partition coefficient (Wildman–Crippen LogP) is 2.60. The first-order valence-electron chi connectivity index (χ1n) is 8.53. The van der Waals surface area contributed by atoms with Gasteiger partial charge in [-0.3, -0.25) is 4.79 Å². The summed E-state index contributed by atoms with van der Waals surface area (Å²) in [6, 6.07) is 0.463. The Balaban J connectivity index is 1.84. The number of nitrogens with two attached hydrogens (primary N) is 1. The molecule has 0 aromatic rings. The third-order valence-corrected chi connectivity index (χ3v) is 5.31. The number of hydrogen-bond acceptors (Lipinski definition) is 3. The highest BCUT2D eigenvalue weighted by Crippen LogP contribution is 2.32. The van der Waals surface area contributed by atoms with Crippen molar-refractivity contribution in [1.29, 1.82) is 0 Å². The second-order valence-electron chi connectivity index (χ2n) is 7.66. The quantitative estimate of drug-likeness (QED) is 0.759. The molecule has 2 fully saturated rings. The van der Waals surface area contributed by atoms with Crippen LogP contribution in [0.25, 0.3) is 0 Å². The van der Waals surface area contributed by atoms with E-state index >= 15 is 0 Å². The van der Waals surface area contributed by atoms with Crippen LogP contribution in [0.4, 0.5) is 0 Å². The lowest BCUT2D eigenvalue weighted by Crippen LogP contribution is -2.55. The first-order valence-corrected chi connectivity index (χ1v) is 8.53. The van der Waals surface area contributed by atoms with Gasteiger partial charge in [0.15, 0.2) is 0 Å². The third kappa shape index (κ3) is 4.68. The lowest BCUT2D eigenvalue weighted by molar-refractivity contribution is -0.126. The number of primary amides is 1. The summed E-state index contributed by atoms with van der Waals surface area (Å²) in [5, 5.41) is 3.40. The molecule has 1 amide bonds. The molecular weight excluding hydrogens is 264 g/mol. The Morgan fingerprint density at radius 2 is 1.95 bits per heavy atom. The second kappa shape index (κ2) is 6.66. The summed E-state index contributed by atoms with van der Waals surface area (Å²) >= 11 is 0. The molecule has 5 unspecified atom stereocenters. The van der Waals surface area contributed by atoms with Gasteiger partial charge in [0.05, 0.1) is 17.7 Å². The smallest absolute Gasteiger partial charge is 0.237 e. The Kier molecular flexibility index (Phi) is 5.31. The van der Waals surface area contributed by atoms with Crippen LogP contribution < -0.4 is 11.1 Å². The van der Waals surface area contributed by atoms with Gasteiger partial charge in [0, 0.05) is 12.5 Å². The molecule has 0 spiro atoms. The average Bonchev–Trinajstić information content (AvgIpc) is 3.17. The van der Waals surface area contributed by atoms with Crippen LogP contribution >= 0.6 is 0 Å². The minimum absolute atomic E-state index is 0.0550. The number of nitrogens with one attached hydrogen (secondary N) is 1. The lowest BCUT2D eigenvalue weighted by atomic mass is 9.80. The van der Waals surface area contributed by atoms with E-state index < -0.39 is 5.54 Å². The number of amides is 1. The fourth-order valence-electron chi connectivity index (χ4n) is 3.48. The van der Waals surface area contributed by atoms with Crippen LogP contribution in [0.5, 0.6) is 0 Å². The van der Waals surface area contributed by atoms with Crippen molar-refractivity contribution in [2.75, 3.05) is 0 Å². The molecule has 2 rings (SSSR count). The number of hydrogen-bond donors (Lipinski definition) is 2. The minimum Gasteiger partial charge on any atom is -0.375 e. The summed E-state index contributed by atoms with van der Waals surface area (Å²) in [7, 11) is 0. The van der Waals surface area contributed by atoms with Crippen molar-refractivity contribution < 1.29 is 9.53 Å². The molecule has 5 atom stereocenters. The molecular formula is C17H32N2O2. The summed E-state index contributed by atoms with van der Waals surface area (Å²) in [6.45, 7) is 8.62. The highest BCUT2D eigenvalue weighted by atomic mass is 16.5. The highest BCUT2D eigenvalue weighted by molar-refractivity contribution is 5.84. The van der Waals surface area contributed by atoms with Crippen LogP contribution in [0.3, 0.4) is 0 Å². The zero-order chi connectivity index (χ0) is 15.6. The summed E-state index contributed by atoms with van der Waals surface area (Å²) < 4.78 is 6.21. The van der Waals surface area contributed by atoms with Crippen molar-refractivity contribution in [3.05, 3.63) is 0 Å². The van der Waals surface area contributed by atoms with Crippen molar-refractivity contribution in [1.82, 2.24) is 5.32 Å². The maximum Gasteiger partial charge on any atom is 0.237 e. The normalized spacial score (nSPS) is 34.2. The van der Waals surface area contributed by atoms with Gasteiger partial charge in [-0.15, -0.1) is 0 Å². The molecule has 0 saturated heterocycles. The van der Waals surface area contributed by atoms with Crippen molar-refractivity contribution in [2.24, 2.45) is 17.6 Å². The molecule has 4 heteroatoms. The van der Waals surface area contributed by atoms with Crippen LogP contribution in [0, 0.1) is 11.8 Å². The largest absolute Gasteiger partial charge is 0.375 e. The van der Waals surface area contributed by atoms with Gasteiger partial charge in [0.25, 0.3) is 0 Å². The van der Waals surface area contributed by atoms with Gasteiger partial charge in [-0.2, -0.15) is 0 Å². The van der Waals surface area contributed by atoms with Crippen LogP contribution in [-0.4, -0.2) is 29.7 Å². The second-order valence-corrected chi connectivity index (χ2v) is 7.66. The summed E-state index contributed by atoms with van der Waals surface area (Å²) in [4.78, 5) is 11.8. The Morgan fingerprint density at radius 1 is 1.29 bits per heavy atom. The van der Waals surface area contributed by atoms with Gasteiger partial charge in [-0.1, -0.05) is 13.8 Å². The number of carbonyl (C=O) groups excluding carboxylic acids is 1. The molecule has 2 saturated carbocycles. The molecule has 4 nitrogen and oxygen atoms in total. The summed E-state index contributed by atoms with van der Waals surface area (Å²) in [6.07, 6.45) is 6.86. The Hall–Kier alpha value is -0.610. The molecule has 0 aliphatic heterocycles. The summed E-state index contributed by atoms with van der Waals surface area (Å²) in [5.41, 5.74) is 4.97. The van der Waals surface area contributed by atoms with Crippen LogP contribution in [-0.2, 0) is 9.53 Å². The molecule has 0 aromatic carbocycles. The molecule has 0 heterocycles. The summed E-state index contributed by atoms with van der Waals surface area (Å²) in [5.74, 6) is 1.26. The zero-order valence-electron chi connectivity index (χ0n) is 14.0. The molecule has 122 valence electrons. The fourth-order valence-corrected chi connectivity index (χ4v) is 3.48. The fraction of sp³-hybridized carbons (Fsp3) is 0.941. The van der Waals surface area contributed by atoms with E-state index in [9.17, 15) is 4.79 Å². The molecule has 0 bridgehead atoms. The van der Waals surface area contributed by atoms with Crippen LogP contribution in [0.15, 0.2) is 0 Å². The standard InChI is InChI=1S/C17H32N2O2/c1-11-5-8-15(9-12(11)2)21-13(3)10-17(4,16(18)20)19-14-6-7-14/h11-15,19H,5-10H2,1-4H3,(H2,18,20). The van der Waals surface area contributed by atoms with Gasteiger partial charge < -0.3 is 15.8 Å². The van der Waals surface area contributed by atoms with E-state index in [-0.39, 0.29) is 12.0 Å². The van der Waals surface area contributed by atoms with Gasteiger partial charge >= 0.3 is 0 Å². The molecule has 0 aromatic heterocycles. The Morgan fingerprint density at radius 3 is 2.48 bits per heavy atom. The van der Waals surface area contributed by atoms with E-state index in [1.807, 2.05) is 6.92 Å². The maximum absolute atomic E-state index is 11.8. The van der Waals surface area contributed by atoms with E-state index in [1.54, 1.807) is 0 Å². The van der Waals surface area contributed by atoms with E-state index in [2.05, 4.69) is 26.1 Å². The lowest BCUT2D eigenvalue weighted by Gasteiger charge is -2.36. The monoisotopic (exact) mass is 296 g/mol. The minimum atomic E-state index is -0.645. The van der Waals surface area contributed by atoms with E-state index in [0.29, 0.717) is 18.6 Å². The average molecular weight is 296 g/mol. The molecule has 3 N–H and O–H groups in total. The van der Waals surface area contributed by atoms with Crippen molar-refractivity contribution in [3.8, 4) is 0 Å². The van der Waals surface area contributed by atoms with E-state index in [0.717, 1.165) is 37.5 Å². The van der Waals surface area contributed by atoms with Gasteiger partial charge in [0.2, 0.25) is 5.91 Å². The first kappa shape index (κ1) is 16.8. The van der Waals surface area contributed by atoms with E-state index in [4.69, 9.17) is 10.5 Å². The third-order valence-electron chi connectivity index (χ3n) is 5.31. The molecule has 2 aliphatic rings. The van der Waals surface area contributed by atoms with Crippen molar-refractivity contribution in [2.45, 2.75) is 90.0 Å².